The molecule has 0 saturated heterocycles. The van der Waals surface area contributed by atoms with E-state index in [9.17, 15) is 22.7 Å². The highest BCUT2D eigenvalue weighted by Crippen LogP contribution is 2.40. The third kappa shape index (κ3) is 6.02. The fourth-order valence-corrected chi connectivity index (χ4v) is 6.00. The molecule has 224 valence electrons. The molecule has 1 saturated carbocycles. The van der Waals surface area contributed by atoms with E-state index in [0.717, 1.165) is 12.8 Å². The van der Waals surface area contributed by atoms with Gasteiger partial charge in [0.1, 0.15) is 0 Å². The summed E-state index contributed by atoms with van der Waals surface area (Å²) < 4.78 is 98.3. The van der Waals surface area contributed by atoms with E-state index in [-0.39, 0.29) is 47.0 Å². The summed E-state index contributed by atoms with van der Waals surface area (Å²) in [5.41, 5.74) is 0.237. The summed E-state index contributed by atoms with van der Waals surface area (Å²) in [4.78, 5) is 0. The number of rotatable bonds is 8. The van der Waals surface area contributed by atoms with Crippen LogP contribution < -0.4 is 4.74 Å². The monoisotopic (exact) mass is 590 g/mol. The Morgan fingerprint density at radius 2 is 1.36 bits per heavy atom. The SMILES string of the molecule is CCOc1ccc(-c2ccc(C3=CCC(OCC4CCC(c5ccc(O)c(F)c5F)CC4)CC3)c(F)c2F)c(F)c1F. The molecular formula is C33H32F6O3. The highest BCUT2D eigenvalue weighted by molar-refractivity contribution is 5.72. The van der Waals surface area contributed by atoms with Crippen LogP contribution in [0.1, 0.15) is 68.9 Å². The Kier molecular flexibility index (Phi) is 9.16. The Labute approximate surface area is 240 Å². The van der Waals surface area contributed by atoms with Gasteiger partial charge in [0, 0.05) is 23.3 Å². The Morgan fingerprint density at radius 3 is 2.02 bits per heavy atom. The number of aromatic hydroxyl groups is 1. The minimum atomic E-state index is -1.31. The first kappa shape index (κ1) is 30.0. The highest BCUT2D eigenvalue weighted by atomic mass is 19.2. The molecule has 5 rings (SSSR count). The van der Waals surface area contributed by atoms with E-state index in [1.165, 1.54) is 36.4 Å². The Hall–Kier alpha value is -3.46. The molecule has 0 aliphatic heterocycles. The number of hydrogen-bond acceptors (Lipinski definition) is 3. The van der Waals surface area contributed by atoms with Crippen LogP contribution in [0.3, 0.4) is 0 Å². The maximum absolute atomic E-state index is 15.1. The summed E-state index contributed by atoms with van der Waals surface area (Å²) in [5, 5.41) is 9.36. The maximum atomic E-state index is 15.1. The van der Waals surface area contributed by atoms with Crippen molar-refractivity contribution in [3.05, 3.63) is 88.5 Å². The minimum Gasteiger partial charge on any atom is -0.505 e. The topological polar surface area (TPSA) is 38.7 Å². The van der Waals surface area contributed by atoms with Crippen LogP contribution in [0.4, 0.5) is 26.3 Å². The predicted molar refractivity (Wildman–Crippen MR) is 147 cm³/mol. The van der Waals surface area contributed by atoms with Crippen LogP contribution >= 0.6 is 0 Å². The van der Waals surface area contributed by atoms with Crippen molar-refractivity contribution in [2.45, 2.75) is 63.9 Å². The highest BCUT2D eigenvalue weighted by Gasteiger charge is 2.28. The first-order valence-electron chi connectivity index (χ1n) is 14.3. The molecule has 3 aromatic carbocycles. The summed E-state index contributed by atoms with van der Waals surface area (Å²) in [7, 11) is 0. The van der Waals surface area contributed by atoms with Gasteiger partial charge in [-0.3, -0.25) is 0 Å². The van der Waals surface area contributed by atoms with Crippen molar-refractivity contribution < 1.29 is 40.9 Å². The quantitative estimate of drug-likeness (QED) is 0.266. The normalized spacial score (nSPS) is 20.8. The lowest BCUT2D eigenvalue weighted by Crippen LogP contribution is -2.23. The molecular weight excluding hydrogens is 558 g/mol. The van der Waals surface area contributed by atoms with Crippen LogP contribution in [0.15, 0.2) is 42.5 Å². The fourth-order valence-electron chi connectivity index (χ4n) is 6.00. The van der Waals surface area contributed by atoms with Crippen LogP contribution in [0.5, 0.6) is 11.5 Å². The van der Waals surface area contributed by atoms with E-state index in [1.54, 1.807) is 6.92 Å². The van der Waals surface area contributed by atoms with Gasteiger partial charge in [-0.1, -0.05) is 24.3 Å². The molecule has 42 heavy (non-hydrogen) atoms. The molecule has 1 fully saturated rings. The molecule has 9 heteroatoms. The smallest absolute Gasteiger partial charge is 0.201 e. The van der Waals surface area contributed by atoms with E-state index in [1.807, 2.05) is 6.08 Å². The van der Waals surface area contributed by atoms with E-state index in [4.69, 9.17) is 9.47 Å². The van der Waals surface area contributed by atoms with E-state index >= 15 is 8.78 Å². The zero-order valence-electron chi connectivity index (χ0n) is 23.2. The molecule has 2 aliphatic rings. The Morgan fingerprint density at radius 1 is 0.714 bits per heavy atom. The Balaban J connectivity index is 1.17. The molecule has 3 aromatic rings. The standard InChI is InChI=1S/C33H32F6O3/c1-2-41-27-16-14-25(31(37)33(27)39)24-12-11-22(28(34)30(24)36)20-7-9-21(10-8-20)42-17-18-3-5-19(6-4-18)23-13-15-26(40)32(38)29(23)35/h7,11-16,18-19,21,40H,2-6,8-10,17H2,1H3. The summed E-state index contributed by atoms with van der Waals surface area (Å²) in [5.74, 6) is -7.94. The molecule has 0 amide bonds. The fraction of sp³-hybridized carbons (Fsp3) is 0.394. The maximum Gasteiger partial charge on any atom is 0.201 e. The van der Waals surface area contributed by atoms with Gasteiger partial charge in [0.25, 0.3) is 0 Å². The van der Waals surface area contributed by atoms with Gasteiger partial charge in [0.05, 0.1) is 12.7 Å². The van der Waals surface area contributed by atoms with Crippen molar-refractivity contribution in [2.75, 3.05) is 13.2 Å². The first-order valence-corrected chi connectivity index (χ1v) is 14.3. The van der Waals surface area contributed by atoms with E-state index in [2.05, 4.69) is 0 Å². The number of hydrogen-bond donors (Lipinski definition) is 1. The number of allylic oxidation sites excluding steroid dienone is 1. The molecule has 3 nitrogen and oxygen atoms in total. The predicted octanol–water partition coefficient (Wildman–Crippen LogP) is 9.22. The molecule has 1 N–H and O–H groups in total. The lowest BCUT2D eigenvalue weighted by molar-refractivity contribution is 0.0157. The third-order valence-corrected chi connectivity index (χ3v) is 8.37. The minimum absolute atomic E-state index is 0.0804. The first-order chi connectivity index (χ1) is 20.2. The van der Waals surface area contributed by atoms with Gasteiger partial charge in [-0.25, -0.2) is 17.6 Å². The summed E-state index contributed by atoms with van der Waals surface area (Å²) in [6.07, 6.45) is 6.32. The van der Waals surface area contributed by atoms with Crippen molar-refractivity contribution in [1.29, 1.82) is 0 Å². The third-order valence-electron chi connectivity index (χ3n) is 8.37. The van der Waals surface area contributed by atoms with Crippen LogP contribution in [0.25, 0.3) is 16.7 Å². The number of halogens is 6. The van der Waals surface area contributed by atoms with Gasteiger partial charge in [-0.05, 0) is 93.0 Å². The molecule has 0 aromatic heterocycles. The van der Waals surface area contributed by atoms with Crippen molar-refractivity contribution >= 4 is 5.57 Å². The zero-order valence-corrected chi connectivity index (χ0v) is 23.2. The molecule has 0 spiro atoms. The molecule has 0 bridgehead atoms. The largest absolute Gasteiger partial charge is 0.505 e. The van der Waals surface area contributed by atoms with Gasteiger partial charge in [0.15, 0.2) is 34.8 Å². The van der Waals surface area contributed by atoms with Crippen LogP contribution in [-0.4, -0.2) is 24.4 Å². The van der Waals surface area contributed by atoms with Gasteiger partial charge in [-0.15, -0.1) is 0 Å². The van der Waals surface area contributed by atoms with Crippen LogP contribution in [-0.2, 0) is 4.74 Å². The van der Waals surface area contributed by atoms with Crippen molar-refractivity contribution in [3.63, 3.8) is 0 Å². The van der Waals surface area contributed by atoms with Gasteiger partial charge >= 0.3 is 0 Å². The van der Waals surface area contributed by atoms with Crippen molar-refractivity contribution in [3.8, 4) is 22.6 Å². The Bertz CT molecular complexity index is 1480. The van der Waals surface area contributed by atoms with E-state index in [0.29, 0.717) is 49.8 Å². The molecule has 0 radical (unpaired) electrons. The van der Waals surface area contributed by atoms with Crippen molar-refractivity contribution in [2.24, 2.45) is 5.92 Å². The average molecular weight is 591 g/mol. The van der Waals surface area contributed by atoms with Gasteiger partial charge in [-0.2, -0.15) is 8.78 Å². The molecule has 2 aliphatic carbocycles. The molecule has 1 unspecified atom stereocenters. The van der Waals surface area contributed by atoms with Crippen LogP contribution in [0, 0.1) is 40.8 Å². The number of phenolic OH excluding ortho intramolecular Hbond substituents is 1. The zero-order chi connectivity index (χ0) is 30.0. The summed E-state index contributed by atoms with van der Waals surface area (Å²) >= 11 is 0. The van der Waals surface area contributed by atoms with Gasteiger partial charge in [0.2, 0.25) is 11.6 Å². The van der Waals surface area contributed by atoms with Gasteiger partial charge < -0.3 is 14.6 Å². The second-order valence-corrected chi connectivity index (χ2v) is 10.9. The lowest BCUT2D eigenvalue weighted by atomic mass is 9.78. The summed E-state index contributed by atoms with van der Waals surface area (Å²) in [6.45, 7) is 2.27. The molecule has 1 atom stereocenters. The second-order valence-electron chi connectivity index (χ2n) is 10.9. The number of phenols is 1. The van der Waals surface area contributed by atoms with E-state index < -0.39 is 40.7 Å². The average Bonchev–Trinajstić information content (AvgIpc) is 3.00. The second kappa shape index (κ2) is 12.8. The lowest BCUT2D eigenvalue weighted by Gasteiger charge is -2.31. The number of benzene rings is 3. The summed E-state index contributed by atoms with van der Waals surface area (Å²) in [6, 6.07) is 7.63. The van der Waals surface area contributed by atoms with Crippen LogP contribution in [0.2, 0.25) is 0 Å². The molecule has 0 heterocycles. The number of ether oxygens (including phenoxy) is 2. The van der Waals surface area contributed by atoms with Crippen molar-refractivity contribution in [1.82, 2.24) is 0 Å².